The van der Waals surface area contributed by atoms with Gasteiger partial charge in [-0.05, 0) is 112 Å². The number of hydrogen-bond donors (Lipinski definition) is 0. The van der Waals surface area contributed by atoms with Crippen LogP contribution in [0, 0.1) is 6.33 Å². The Bertz CT molecular complexity index is 2200. The monoisotopic (exact) mass is 682 g/mol. The van der Waals surface area contributed by atoms with E-state index >= 15 is 0 Å². The predicted molar refractivity (Wildman–Crippen MR) is 213 cm³/mol. The Hall–Kier alpha value is -5.94. The van der Waals surface area contributed by atoms with Crippen molar-refractivity contribution in [3.05, 3.63) is 175 Å². The molecule has 0 amide bonds. The van der Waals surface area contributed by atoms with Crippen LogP contribution in [-0.4, -0.2) is 9.55 Å². The Kier molecular flexibility index (Phi) is 10.0. The van der Waals surface area contributed by atoms with Crippen LogP contribution in [0.5, 0.6) is 11.5 Å². The zero-order chi connectivity index (χ0) is 36.2. The van der Waals surface area contributed by atoms with E-state index in [0.29, 0.717) is 17.8 Å². The quantitative estimate of drug-likeness (QED) is 0.101. The van der Waals surface area contributed by atoms with Gasteiger partial charge in [0.25, 0.3) is 6.33 Å². The maximum absolute atomic E-state index is 6.46. The number of anilines is 3. The molecule has 5 heteroatoms. The van der Waals surface area contributed by atoms with Crippen LogP contribution >= 0.6 is 0 Å². The lowest BCUT2D eigenvalue weighted by Gasteiger charge is -2.24. The van der Waals surface area contributed by atoms with Gasteiger partial charge < -0.3 is 4.74 Å². The highest BCUT2D eigenvalue weighted by atomic mass is 16.5. The molecule has 0 radical (unpaired) electrons. The highest BCUT2D eigenvalue weighted by Crippen LogP contribution is 2.39. The molecule has 0 bridgehead atoms. The van der Waals surface area contributed by atoms with Crippen molar-refractivity contribution in [3.63, 3.8) is 0 Å². The smallest absolute Gasteiger partial charge is 0.268 e. The van der Waals surface area contributed by atoms with Crippen LogP contribution in [0.15, 0.2) is 152 Å². The van der Waals surface area contributed by atoms with Gasteiger partial charge in [-0.15, -0.1) is 0 Å². The third-order valence-electron chi connectivity index (χ3n) is 9.43. The van der Waals surface area contributed by atoms with E-state index in [0.717, 1.165) is 40.1 Å². The average molecular weight is 683 g/mol. The topological polar surface area (TPSA) is 34.2 Å². The van der Waals surface area contributed by atoms with Crippen LogP contribution in [0.3, 0.4) is 0 Å². The lowest BCUT2D eigenvalue weighted by molar-refractivity contribution is -0.599. The minimum atomic E-state index is 0.413. The minimum absolute atomic E-state index is 0.413. The number of rotatable bonds is 11. The third-order valence-corrected chi connectivity index (χ3v) is 9.43. The van der Waals surface area contributed by atoms with Crippen molar-refractivity contribution >= 4 is 17.2 Å². The Morgan fingerprint density at radius 3 is 2.00 bits per heavy atom. The molecule has 7 rings (SSSR count). The zero-order valence-corrected chi connectivity index (χ0v) is 30.9. The van der Waals surface area contributed by atoms with Crippen molar-refractivity contribution in [2.75, 3.05) is 4.90 Å². The molecule has 0 N–H and O–H groups in total. The fourth-order valence-electron chi connectivity index (χ4n) is 6.70. The van der Waals surface area contributed by atoms with Crippen molar-refractivity contribution in [1.29, 1.82) is 0 Å². The summed E-state index contributed by atoms with van der Waals surface area (Å²) < 4.78 is 10.5. The summed E-state index contributed by atoms with van der Waals surface area (Å²) in [6, 6.07) is 46.1. The van der Waals surface area contributed by atoms with Gasteiger partial charge in [0, 0.05) is 30.3 Å². The first kappa shape index (κ1) is 34.5. The first-order valence-corrected chi connectivity index (χ1v) is 18.2. The molecule has 0 saturated heterocycles. The van der Waals surface area contributed by atoms with Crippen LogP contribution in [0.2, 0.25) is 0 Å². The molecular formula is C47H46N4O. The first-order chi connectivity index (χ1) is 25.2. The summed E-state index contributed by atoms with van der Waals surface area (Å²) in [5.41, 5.74) is 10.8. The maximum atomic E-state index is 6.46. The summed E-state index contributed by atoms with van der Waals surface area (Å²) in [6.07, 6.45) is 9.44. The number of imidazole rings is 1. The molecule has 5 aromatic carbocycles. The molecule has 0 aliphatic rings. The van der Waals surface area contributed by atoms with E-state index in [2.05, 4.69) is 129 Å². The van der Waals surface area contributed by atoms with Crippen LogP contribution in [-0.2, 0) is 0 Å². The summed E-state index contributed by atoms with van der Waals surface area (Å²) in [5.74, 6) is 3.61. The Morgan fingerprint density at radius 1 is 0.635 bits per heavy atom. The summed E-state index contributed by atoms with van der Waals surface area (Å²) in [7, 11) is 0. The van der Waals surface area contributed by atoms with Gasteiger partial charge in [-0.25, -0.2) is 4.98 Å². The molecule has 0 saturated carbocycles. The number of nitrogens with zero attached hydrogens (tertiary/aromatic N) is 4. The fraction of sp³-hybridized carbons (Fsp3) is 0.191. The first-order valence-electron chi connectivity index (χ1n) is 18.2. The van der Waals surface area contributed by atoms with Crippen molar-refractivity contribution in [2.24, 2.45) is 0 Å². The summed E-state index contributed by atoms with van der Waals surface area (Å²) in [4.78, 5) is 6.77. The molecule has 0 aliphatic heterocycles. The van der Waals surface area contributed by atoms with Gasteiger partial charge in [-0.3, -0.25) is 14.0 Å². The standard InChI is InChI=1S/C47H46N4O/c1-33(2)37-28-44(34(3)4)47(45(29-37)35(5)6)36-15-12-18-39(27-36)49-25-26-50(32-49)40-19-13-21-42(30-40)52-43-22-14-20-41(31-43)51(38-16-8-7-9-17-38)46-23-10-11-24-48-46/h7-31,33-35H,1-6H3. The summed E-state index contributed by atoms with van der Waals surface area (Å²) >= 11 is 0. The van der Waals surface area contributed by atoms with E-state index < -0.39 is 0 Å². The average Bonchev–Trinajstić information content (AvgIpc) is 3.66. The van der Waals surface area contributed by atoms with Crippen LogP contribution in [0.1, 0.15) is 76.0 Å². The molecule has 2 heterocycles. The van der Waals surface area contributed by atoms with Crippen LogP contribution in [0.25, 0.3) is 22.5 Å². The Labute approximate surface area is 308 Å². The molecule has 0 aliphatic carbocycles. The van der Waals surface area contributed by atoms with Gasteiger partial charge >= 0.3 is 0 Å². The van der Waals surface area contributed by atoms with E-state index in [4.69, 9.17) is 4.74 Å². The normalized spacial score (nSPS) is 11.4. The van der Waals surface area contributed by atoms with Gasteiger partial charge in [0.15, 0.2) is 0 Å². The summed E-state index contributed by atoms with van der Waals surface area (Å²) in [5, 5.41) is 0. The van der Waals surface area contributed by atoms with Crippen molar-refractivity contribution in [3.8, 4) is 34.0 Å². The van der Waals surface area contributed by atoms with Gasteiger partial charge in [-0.2, -0.15) is 0 Å². The second-order valence-electron chi connectivity index (χ2n) is 14.2. The molecule has 52 heavy (non-hydrogen) atoms. The molecule has 0 fully saturated rings. The molecule has 260 valence electrons. The van der Waals surface area contributed by atoms with Gasteiger partial charge in [0.1, 0.15) is 17.3 Å². The number of hydrogen-bond acceptors (Lipinski definition) is 3. The fourth-order valence-corrected chi connectivity index (χ4v) is 6.70. The molecule has 2 aromatic heterocycles. The summed E-state index contributed by atoms with van der Waals surface area (Å²) in [6.45, 7) is 13.8. The number of ether oxygens (including phenoxy) is 1. The van der Waals surface area contributed by atoms with Gasteiger partial charge in [0.05, 0.1) is 17.1 Å². The molecule has 0 spiro atoms. The van der Waals surface area contributed by atoms with E-state index in [1.165, 1.54) is 27.8 Å². The van der Waals surface area contributed by atoms with E-state index in [9.17, 15) is 0 Å². The SMILES string of the molecule is CC(C)c1cc(C(C)C)c(-c2cccc(-[n+]3[c-]n(-c4cccc(Oc5cccc(N(c6ccccc6)c6ccccn6)c5)c4)cc3)c2)c(C(C)C)c1. The predicted octanol–water partition coefficient (Wildman–Crippen LogP) is 12.2. The van der Waals surface area contributed by atoms with Crippen molar-refractivity contribution < 1.29 is 9.30 Å². The molecule has 5 nitrogen and oxygen atoms in total. The van der Waals surface area contributed by atoms with E-state index in [1.807, 2.05) is 89.8 Å². The third kappa shape index (κ3) is 7.40. The zero-order valence-electron chi connectivity index (χ0n) is 30.9. The number of pyridine rings is 1. The molecule has 7 aromatic rings. The van der Waals surface area contributed by atoms with Crippen molar-refractivity contribution in [1.82, 2.24) is 9.55 Å². The maximum Gasteiger partial charge on any atom is 0.268 e. The Morgan fingerprint density at radius 2 is 1.31 bits per heavy atom. The molecule has 0 unspecified atom stereocenters. The number of para-hydroxylation sites is 1. The van der Waals surface area contributed by atoms with E-state index in [1.54, 1.807) is 0 Å². The lowest BCUT2D eigenvalue weighted by Crippen LogP contribution is -2.28. The Balaban J connectivity index is 1.16. The van der Waals surface area contributed by atoms with Gasteiger partial charge in [0.2, 0.25) is 0 Å². The van der Waals surface area contributed by atoms with E-state index in [-0.39, 0.29) is 0 Å². The van der Waals surface area contributed by atoms with Crippen LogP contribution < -0.4 is 14.2 Å². The second kappa shape index (κ2) is 15.1. The highest BCUT2D eigenvalue weighted by molar-refractivity contribution is 5.76. The number of aromatic nitrogens is 3. The second-order valence-corrected chi connectivity index (χ2v) is 14.2. The molecule has 0 atom stereocenters. The molecular weight excluding hydrogens is 637 g/mol. The van der Waals surface area contributed by atoms with Gasteiger partial charge in [-0.1, -0.05) is 102 Å². The number of benzene rings is 5. The lowest BCUT2D eigenvalue weighted by atomic mass is 9.82. The minimum Gasteiger partial charge on any atom is -0.458 e. The van der Waals surface area contributed by atoms with Crippen LogP contribution in [0.4, 0.5) is 17.2 Å². The van der Waals surface area contributed by atoms with Crippen molar-refractivity contribution in [2.45, 2.75) is 59.3 Å². The highest BCUT2D eigenvalue weighted by Gasteiger charge is 2.19. The largest absolute Gasteiger partial charge is 0.458 e.